The fourth-order valence-electron chi connectivity index (χ4n) is 2.30. The maximum atomic E-state index is 5.44. The third kappa shape index (κ3) is 2.12. The van der Waals surface area contributed by atoms with Gasteiger partial charge in [0, 0.05) is 18.6 Å². The van der Waals surface area contributed by atoms with Crippen LogP contribution in [-0.4, -0.2) is 36.7 Å². The molecular formula is C11H19NO. The Hall–Kier alpha value is -0.340. The van der Waals surface area contributed by atoms with Gasteiger partial charge < -0.3 is 4.74 Å². The van der Waals surface area contributed by atoms with Gasteiger partial charge in [-0.3, -0.25) is 4.90 Å². The summed E-state index contributed by atoms with van der Waals surface area (Å²) in [6.45, 7) is 5.19. The summed E-state index contributed by atoms with van der Waals surface area (Å²) in [5.74, 6) is 0. The van der Waals surface area contributed by atoms with Gasteiger partial charge in [0.2, 0.25) is 0 Å². The number of allylic oxidation sites excluding steroid dienone is 1. The van der Waals surface area contributed by atoms with Crippen LogP contribution in [0, 0.1) is 0 Å². The van der Waals surface area contributed by atoms with Crippen LogP contribution in [0.2, 0.25) is 0 Å². The van der Waals surface area contributed by atoms with Gasteiger partial charge in [-0.1, -0.05) is 12.2 Å². The summed E-state index contributed by atoms with van der Waals surface area (Å²) in [4.78, 5) is 2.58. The summed E-state index contributed by atoms with van der Waals surface area (Å²) in [5.41, 5.74) is 0. The molecule has 0 bridgehead atoms. The Kier molecular flexibility index (Phi) is 3.01. The zero-order chi connectivity index (χ0) is 9.10. The first kappa shape index (κ1) is 9.22. The number of nitrogens with zero attached hydrogens (tertiary/aromatic N) is 1. The molecule has 1 saturated heterocycles. The zero-order valence-electron chi connectivity index (χ0n) is 8.41. The summed E-state index contributed by atoms with van der Waals surface area (Å²) < 4.78 is 5.44. The minimum Gasteiger partial charge on any atom is -0.379 e. The molecule has 74 valence electrons. The average molecular weight is 181 g/mol. The van der Waals surface area contributed by atoms with E-state index in [1.807, 2.05) is 0 Å². The van der Waals surface area contributed by atoms with Crippen molar-refractivity contribution in [3.8, 4) is 0 Å². The summed E-state index contributed by atoms with van der Waals surface area (Å²) in [6.07, 6.45) is 8.67. The van der Waals surface area contributed by atoms with E-state index in [0.29, 0.717) is 12.1 Å². The monoisotopic (exact) mass is 181 g/mol. The van der Waals surface area contributed by atoms with Crippen molar-refractivity contribution in [2.24, 2.45) is 0 Å². The van der Waals surface area contributed by atoms with Crippen molar-refractivity contribution >= 4 is 0 Å². The first-order chi connectivity index (χ1) is 6.38. The van der Waals surface area contributed by atoms with E-state index in [1.54, 1.807) is 0 Å². The molecule has 2 unspecified atom stereocenters. The fourth-order valence-corrected chi connectivity index (χ4v) is 2.30. The molecule has 1 fully saturated rings. The Balaban J connectivity index is 1.96. The molecule has 0 aromatic carbocycles. The molecular weight excluding hydrogens is 162 g/mol. The minimum atomic E-state index is 0.599. The van der Waals surface area contributed by atoms with E-state index in [-0.39, 0.29) is 0 Å². The lowest BCUT2D eigenvalue weighted by atomic mass is 10.00. The second-order valence-corrected chi connectivity index (χ2v) is 4.09. The van der Waals surface area contributed by atoms with Crippen molar-refractivity contribution in [3.05, 3.63) is 12.2 Å². The summed E-state index contributed by atoms with van der Waals surface area (Å²) >= 11 is 0. The van der Waals surface area contributed by atoms with Crippen LogP contribution in [0.1, 0.15) is 26.2 Å². The smallest absolute Gasteiger partial charge is 0.0620 e. The lowest BCUT2D eigenvalue weighted by molar-refractivity contribution is -0.0153. The number of hydrogen-bond donors (Lipinski definition) is 0. The molecule has 0 amide bonds. The second kappa shape index (κ2) is 4.25. The first-order valence-corrected chi connectivity index (χ1v) is 5.38. The van der Waals surface area contributed by atoms with Gasteiger partial charge in [0.05, 0.1) is 13.2 Å². The first-order valence-electron chi connectivity index (χ1n) is 5.38. The highest BCUT2D eigenvalue weighted by atomic mass is 16.5. The zero-order valence-corrected chi connectivity index (χ0v) is 8.41. The quantitative estimate of drug-likeness (QED) is 0.572. The molecule has 0 aromatic heterocycles. The lowest BCUT2D eigenvalue weighted by Gasteiger charge is -2.39. The molecule has 2 nitrogen and oxygen atoms in total. The van der Waals surface area contributed by atoms with Crippen LogP contribution in [0.4, 0.5) is 0 Å². The van der Waals surface area contributed by atoms with Crippen LogP contribution >= 0.6 is 0 Å². The summed E-state index contributed by atoms with van der Waals surface area (Å²) in [7, 11) is 0. The molecule has 0 radical (unpaired) electrons. The molecule has 0 aromatic rings. The summed E-state index contributed by atoms with van der Waals surface area (Å²) in [6, 6.07) is 1.29. The van der Waals surface area contributed by atoms with Crippen molar-refractivity contribution in [3.63, 3.8) is 0 Å². The van der Waals surface area contributed by atoms with E-state index in [1.165, 1.54) is 19.3 Å². The van der Waals surface area contributed by atoms with E-state index in [4.69, 9.17) is 4.74 Å². The third-order valence-corrected chi connectivity index (χ3v) is 3.07. The van der Waals surface area contributed by atoms with Crippen LogP contribution in [0.15, 0.2) is 12.2 Å². The molecule has 0 N–H and O–H groups in total. The van der Waals surface area contributed by atoms with Crippen LogP contribution in [-0.2, 0) is 4.74 Å². The lowest BCUT2D eigenvalue weighted by Crippen LogP contribution is -2.49. The molecule has 1 aliphatic carbocycles. The Morgan fingerprint density at radius 3 is 3.08 bits per heavy atom. The van der Waals surface area contributed by atoms with E-state index in [2.05, 4.69) is 24.0 Å². The van der Waals surface area contributed by atoms with Crippen molar-refractivity contribution in [2.45, 2.75) is 38.3 Å². The predicted molar refractivity (Wildman–Crippen MR) is 53.8 cm³/mol. The van der Waals surface area contributed by atoms with Crippen LogP contribution in [0.3, 0.4) is 0 Å². The molecule has 2 heteroatoms. The Bertz CT molecular complexity index is 191. The molecule has 13 heavy (non-hydrogen) atoms. The SMILES string of the molecule is CC1COCCN1C1C=CCCC1. The number of ether oxygens (including phenoxy) is 1. The van der Waals surface area contributed by atoms with E-state index < -0.39 is 0 Å². The van der Waals surface area contributed by atoms with Crippen molar-refractivity contribution < 1.29 is 4.74 Å². The number of morpholine rings is 1. The molecule has 1 heterocycles. The summed E-state index contributed by atoms with van der Waals surface area (Å²) in [5, 5.41) is 0. The fraction of sp³-hybridized carbons (Fsp3) is 0.818. The number of hydrogen-bond acceptors (Lipinski definition) is 2. The largest absolute Gasteiger partial charge is 0.379 e. The Morgan fingerprint density at radius 2 is 2.38 bits per heavy atom. The van der Waals surface area contributed by atoms with Crippen LogP contribution < -0.4 is 0 Å². The topological polar surface area (TPSA) is 12.5 Å². The standard InChI is InChI=1S/C11H19NO/c1-10-9-13-8-7-12(10)11-5-3-2-4-6-11/h3,5,10-11H,2,4,6-9H2,1H3. The van der Waals surface area contributed by atoms with Crippen LogP contribution in [0.5, 0.6) is 0 Å². The molecule has 0 saturated carbocycles. The third-order valence-electron chi connectivity index (χ3n) is 3.07. The van der Waals surface area contributed by atoms with Crippen LogP contribution in [0.25, 0.3) is 0 Å². The van der Waals surface area contributed by atoms with Crippen molar-refractivity contribution in [2.75, 3.05) is 19.8 Å². The average Bonchev–Trinajstić information content (AvgIpc) is 2.20. The van der Waals surface area contributed by atoms with Crippen molar-refractivity contribution in [1.29, 1.82) is 0 Å². The Labute approximate surface area is 80.6 Å². The molecule has 2 atom stereocenters. The predicted octanol–water partition coefficient (Wildman–Crippen LogP) is 1.82. The van der Waals surface area contributed by atoms with E-state index >= 15 is 0 Å². The number of rotatable bonds is 1. The maximum absolute atomic E-state index is 5.44. The van der Waals surface area contributed by atoms with Gasteiger partial charge in [-0.15, -0.1) is 0 Å². The van der Waals surface area contributed by atoms with E-state index in [0.717, 1.165) is 19.8 Å². The Morgan fingerprint density at radius 1 is 1.46 bits per heavy atom. The molecule has 2 aliphatic rings. The van der Waals surface area contributed by atoms with Gasteiger partial charge in [-0.2, -0.15) is 0 Å². The normalized spacial score (nSPS) is 36.4. The molecule has 0 spiro atoms. The van der Waals surface area contributed by atoms with Gasteiger partial charge in [-0.05, 0) is 26.2 Å². The van der Waals surface area contributed by atoms with Gasteiger partial charge in [0.25, 0.3) is 0 Å². The van der Waals surface area contributed by atoms with Crippen molar-refractivity contribution in [1.82, 2.24) is 4.90 Å². The van der Waals surface area contributed by atoms with Gasteiger partial charge in [0.15, 0.2) is 0 Å². The highest BCUT2D eigenvalue weighted by Gasteiger charge is 2.25. The maximum Gasteiger partial charge on any atom is 0.0620 e. The molecule has 1 aliphatic heterocycles. The van der Waals surface area contributed by atoms with Gasteiger partial charge in [0.1, 0.15) is 0 Å². The highest BCUT2D eigenvalue weighted by molar-refractivity contribution is 5.00. The molecule has 2 rings (SSSR count). The van der Waals surface area contributed by atoms with Gasteiger partial charge >= 0.3 is 0 Å². The highest BCUT2D eigenvalue weighted by Crippen LogP contribution is 2.20. The minimum absolute atomic E-state index is 0.599. The second-order valence-electron chi connectivity index (χ2n) is 4.09. The van der Waals surface area contributed by atoms with Gasteiger partial charge in [-0.25, -0.2) is 0 Å². The van der Waals surface area contributed by atoms with E-state index in [9.17, 15) is 0 Å².